The molecule has 0 saturated carbocycles. The molecule has 15 heavy (non-hydrogen) atoms. The number of fused-ring (bicyclic) bond motifs is 1. The molecule has 0 saturated heterocycles. The van der Waals surface area contributed by atoms with E-state index in [9.17, 15) is 4.21 Å². The van der Waals surface area contributed by atoms with Gasteiger partial charge in [-0.05, 0) is 32.6 Å². The van der Waals surface area contributed by atoms with Crippen LogP contribution in [0.25, 0.3) is 0 Å². The number of aromatic nitrogens is 1. The van der Waals surface area contributed by atoms with Gasteiger partial charge >= 0.3 is 0 Å². The average molecular weight is 223 g/mol. The van der Waals surface area contributed by atoms with Gasteiger partial charge in [-0.2, -0.15) is 0 Å². The third-order valence-electron chi connectivity index (χ3n) is 2.69. The van der Waals surface area contributed by atoms with Crippen molar-refractivity contribution in [2.75, 3.05) is 0 Å². The second-order valence-corrected chi connectivity index (χ2v) is 7.81. The third-order valence-corrected chi connectivity index (χ3v) is 4.34. The maximum atomic E-state index is 12.0. The fourth-order valence-corrected chi connectivity index (χ4v) is 3.86. The maximum absolute atomic E-state index is 12.0. The van der Waals surface area contributed by atoms with E-state index in [0.29, 0.717) is 11.5 Å². The summed E-state index contributed by atoms with van der Waals surface area (Å²) in [6.45, 7) is 6.41. The van der Waals surface area contributed by atoms with Crippen molar-refractivity contribution in [3.05, 3.63) is 29.1 Å². The summed E-state index contributed by atoms with van der Waals surface area (Å²) in [5.74, 6) is 5.03. The zero-order valence-electron chi connectivity index (χ0n) is 9.54. The molecule has 0 aromatic carbocycles. The molecule has 2 nitrogen and oxygen atoms in total. The van der Waals surface area contributed by atoms with Crippen LogP contribution in [-0.4, -0.2) is 15.1 Å². The van der Waals surface area contributed by atoms with E-state index in [0.717, 1.165) is 5.69 Å². The summed E-state index contributed by atoms with van der Waals surface area (Å²) in [5.41, 5.74) is 3.44. The van der Waals surface area contributed by atoms with Crippen molar-refractivity contribution in [1.82, 2.24) is 4.98 Å². The number of rotatable bonds is 0. The van der Waals surface area contributed by atoms with Crippen molar-refractivity contribution in [3.8, 4) is 0 Å². The summed E-state index contributed by atoms with van der Waals surface area (Å²) in [7, 11) is -1.93. The number of pyridine rings is 1. The summed E-state index contributed by atoms with van der Waals surface area (Å²) in [5, 5.41) is 0. The summed E-state index contributed by atoms with van der Waals surface area (Å²) in [6, 6.07) is 1.97. The molecule has 1 aliphatic rings. The van der Waals surface area contributed by atoms with Crippen LogP contribution in [0.5, 0.6) is 0 Å². The third kappa shape index (κ3) is 1.93. The fraction of sp³-hybridized carbons (Fsp3) is 0.500. The van der Waals surface area contributed by atoms with Crippen LogP contribution in [0.3, 0.4) is 0 Å². The Hall–Kier alpha value is -0.830. The van der Waals surface area contributed by atoms with Gasteiger partial charge in [0.25, 0.3) is 0 Å². The fourth-order valence-electron chi connectivity index (χ4n) is 2.07. The SMILES string of the molecule is C=S1(=O)Cc2ccnc(C(C)(C)C)c2C1. The van der Waals surface area contributed by atoms with E-state index in [1.807, 2.05) is 12.3 Å². The zero-order valence-corrected chi connectivity index (χ0v) is 10.4. The van der Waals surface area contributed by atoms with Crippen molar-refractivity contribution in [2.45, 2.75) is 37.7 Å². The molecule has 1 aliphatic heterocycles. The Bertz CT molecular complexity index is 495. The molecule has 2 rings (SSSR count). The average Bonchev–Trinajstić information content (AvgIpc) is 2.35. The Morgan fingerprint density at radius 1 is 1.40 bits per heavy atom. The molecular weight excluding hydrogens is 206 g/mol. The number of nitrogens with zero attached hydrogens (tertiary/aromatic N) is 1. The van der Waals surface area contributed by atoms with E-state index in [4.69, 9.17) is 0 Å². The monoisotopic (exact) mass is 223 g/mol. The van der Waals surface area contributed by atoms with Crippen LogP contribution >= 0.6 is 0 Å². The standard InChI is InChI=1S/C12H17NOS/c1-12(2,3)11-10-8-15(4,14)7-9(10)5-6-13-11/h5-6H,4,7-8H2,1-3H3. The molecule has 1 unspecified atom stereocenters. The summed E-state index contributed by atoms with van der Waals surface area (Å²) in [4.78, 5) is 4.43. The molecule has 3 heteroatoms. The number of hydrogen-bond acceptors (Lipinski definition) is 2. The zero-order chi connectivity index (χ0) is 11.3. The van der Waals surface area contributed by atoms with Gasteiger partial charge < -0.3 is 0 Å². The van der Waals surface area contributed by atoms with Crippen LogP contribution in [-0.2, 0) is 26.4 Å². The predicted molar refractivity (Wildman–Crippen MR) is 65.6 cm³/mol. The van der Waals surface area contributed by atoms with E-state index >= 15 is 0 Å². The second kappa shape index (κ2) is 3.08. The summed E-state index contributed by atoms with van der Waals surface area (Å²) in [6.07, 6.45) is 1.82. The minimum absolute atomic E-state index is 0.0191. The van der Waals surface area contributed by atoms with Crippen LogP contribution in [0, 0.1) is 0 Å². The van der Waals surface area contributed by atoms with Gasteiger partial charge in [0.05, 0.1) is 5.69 Å². The first-order chi connectivity index (χ1) is 6.80. The van der Waals surface area contributed by atoms with Crippen LogP contribution < -0.4 is 0 Å². The van der Waals surface area contributed by atoms with Gasteiger partial charge in [-0.15, -0.1) is 0 Å². The van der Waals surface area contributed by atoms with E-state index in [1.165, 1.54) is 11.1 Å². The largest absolute Gasteiger partial charge is 0.267 e. The first-order valence-corrected chi connectivity index (χ1v) is 7.16. The highest BCUT2D eigenvalue weighted by Crippen LogP contribution is 2.32. The smallest absolute Gasteiger partial charge is 0.0501 e. The molecule has 1 aromatic heterocycles. The van der Waals surface area contributed by atoms with Crippen LogP contribution in [0.2, 0.25) is 0 Å². The highest BCUT2D eigenvalue weighted by atomic mass is 32.2. The lowest BCUT2D eigenvalue weighted by Crippen LogP contribution is -2.16. The summed E-state index contributed by atoms with van der Waals surface area (Å²) >= 11 is 0. The molecule has 2 heterocycles. The molecule has 0 N–H and O–H groups in total. The number of hydrogen-bond donors (Lipinski definition) is 0. The van der Waals surface area contributed by atoms with Crippen molar-refractivity contribution >= 4 is 15.4 Å². The van der Waals surface area contributed by atoms with Crippen molar-refractivity contribution in [2.24, 2.45) is 0 Å². The molecule has 1 aromatic rings. The lowest BCUT2D eigenvalue weighted by Gasteiger charge is -2.20. The van der Waals surface area contributed by atoms with Crippen LogP contribution in [0.15, 0.2) is 12.3 Å². The van der Waals surface area contributed by atoms with Gasteiger partial charge in [0.1, 0.15) is 0 Å². The van der Waals surface area contributed by atoms with E-state index in [-0.39, 0.29) is 5.41 Å². The Labute approximate surface area is 91.7 Å². The van der Waals surface area contributed by atoms with Crippen molar-refractivity contribution in [3.63, 3.8) is 0 Å². The van der Waals surface area contributed by atoms with Crippen molar-refractivity contribution in [1.29, 1.82) is 0 Å². The second-order valence-electron chi connectivity index (χ2n) is 5.30. The Kier molecular flexibility index (Phi) is 2.19. The lowest BCUT2D eigenvalue weighted by molar-refractivity contribution is 0.563. The van der Waals surface area contributed by atoms with Crippen LogP contribution in [0.1, 0.15) is 37.6 Å². The molecule has 0 aliphatic carbocycles. The molecule has 82 valence electrons. The molecule has 0 bridgehead atoms. The highest BCUT2D eigenvalue weighted by molar-refractivity contribution is 7.99. The minimum atomic E-state index is -1.93. The van der Waals surface area contributed by atoms with Gasteiger partial charge in [0.2, 0.25) is 0 Å². The first-order valence-electron chi connectivity index (χ1n) is 5.09. The normalized spacial score (nSPS) is 25.3. The Balaban J connectivity index is 2.61. The molecular formula is C12H17NOS. The molecule has 0 radical (unpaired) electrons. The van der Waals surface area contributed by atoms with E-state index < -0.39 is 9.52 Å². The lowest BCUT2D eigenvalue weighted by atomic mass is 9.87. The van der Waals surface area contributed by atoms with Gasteiger partial charge in [-0.3, -0.25) is 9.19 Å². The van der Waals surface area contributed by atoms with Gasteiger partial charge in [-0.1, -0.05) is 20.8 Å². The quantitative estimate of drug-likeness (QED) is 0.631. The maximum Gasteiger partial charge on any atom is 0.0501 e. The first kappa shape index (κ1) is 10.7. The Morgan fingerprint density at radius 2 is 2.07 bits per heavy atom. The van der Waals surface area contributed by atoms with E-state index in [2.05, 4.69) is 31.6 Å². The predicted octanol–water partition coefficient (Wildman–Crippen LogP) is 2.11. The molecule has 1 atom stereocenters. The topological polar surface area (TPSA) is 30.0 Å². The molecule has 0 spiro atoms. The van der Waals surface area contributed by atoms with E-state index in [1.54, 1.807) is 0 Å². The van der Waals surface area contributed by atoms with Gasteiger partial charge in [0, 0.05) is 23.1 Å². The minimum Gasteiger partial charge on any atom is -0.267 e. The highest BCUT2D eigenvalue weighted by Gasteiger charge is 2.28. The molecule has 0 amide bonds. The van der Waals surface area contributed by atoms with Crippen LogP contribution in [0.4, 0.5) is 0 Å². The Morgan fingerprint density at radius 3 is 2.67 bits per heavy atom. The van der Waals surface area contributed by atoms with Crippen molar-refractivity contribution < 1.29 is 4.21 Å². The van der Waals surface area contributed by atoms with Gasteiger partial charge in [0.15, 0.2) is 0 Å². The van der Waals surface area contributed by atoms with Gasteiger partial charge in [-0.25, -0.2) is 0 Å². The summed E-state index contributed by atoms with van der Waals surface area (Å²) < 4.78 is 12.0. The molecule has 0 fully saturated rings.